The van der Waals surface area contributed by atoms with Gasteiger partial charge >= 0.3 is 0 Å². The van der Waals surface area contributed by atoms with E-state index in [1.807, 2.05) is 19.9 Å². The van der Waals surface area contributed by atoms with Gasteiger partial charge in [-0.05, 0) is 65.3 Å². The number of aliphatic hydroxyl groups excluding tert-OH is 1. The third-order valence-corrected chi connectivity index (χ3v) is 7.67. The molecule has 2 N–H and O–H groups in total. The predicted octanol–water partition coefficient (Wildman–Crippen LogP) is 4.01. The van der Waals surface area contributed by atoms with Crippen LogP contribution in [-0.2, 0) is 0 Å². The van der Waals surface area contributed by atoms with Crippen LogP contribution in [0, 0.1) is 20.8 Å². The van der Waals surface area contributed by atoms with E-state index in [0.29, 0.717) is 28.7 Å². The molecule has 0 bridgehead atoms. The zero-order valence-corrected chi connectivity index (χ0v) is 23.4. The van der Waals surface area contributed by atoms with Crippen LogP contribution in [0.2, 0.25) is 5.02 Å². The number of anilines is 1. The first-order valence-corrected chi connectivity index (χ1v) is 13.8. The van der Waals surface area contributed by atoms with Crippen molar-refractivity contribution in [1.82, 2.24) is 25.3 Å². The summed E-state index contributed by atoms with van der Waals surface area (Å²) in [7, 11) is 1.79. The van der Waals surface area contributed by atoms with Crippen LogP contribution in [-0.4, -0.2) is 83.7 Å². The van der Waals surface area contributed by atoms with Crippen LogP contribution in [0.5, 0.6) is 5.75 Å². The summed E-state index contributed by atoms with van der Waals surface area (Å²) in [6.45, 7) is 10.5. The normalized spacial score (nSPS) is 17.5. The standard InChI is InChI=1S/C28H37ClN6O3/c1-17-26(25-18(2)33-38-19(25)3)31-27(23-14-22(8-9-24(23)29)37-16-21(36)15-30-4)32-28(17)35-11-5-10-34(12-13-35)20-6-7-20/h8-9,14,20-21,30,36H,5-7,10-13,15-16H2,1-4H3. The smallest absolute Gasteiger partial charge is 0.163 e. The predicted molar refractivity (Wildman–Crippen MR) is 149 cm³/mol. The van der Waals surface area contributed by atoms with Crippen LogP contribution in [0.1, 0.15) is 36.3 Å². The van der Waals surface area contributed by atoms with Gasteiger partial charge < -0.3 is 24.6 Å². The maximum atomic E-state index is 10.1. The van der Waals surface area contributed by atoms with Gasteiger partial charge in [0.15, 0.2) is 5.82 Å². The Bertz CT molecular complexity index is 1260. The second kappa shape index (κ2) is 11.6. The first-order valence-electron chi connectivity index (χ1n) is 13.4. The molecule has 3 heterocycles. The molecule has 1 aliphatic carbocycles. The van der Waals surface area contributed by atoms with Gasteiger partial charge in [-0.3, -0.25) is 4.90 Å². The highest BCUT2D eigenvalue weighted by atomic mass is 35.5. The number of likely N-dealkylation sites (N-methyl/N-ethyl adjacent to an activating group) is 1. The molecular formula is C28H37ClN6O3. The highest BCUT2D eigenvalue weighted by Crippen LogP contribution is 2.37. The molecule has 1 saturated carbocycles. The average Bonchev–Trinajstić information content (AvgIpc) is 3.71. The molecule has 2 aliphatic rings. The fraction of sp³-hybridized carbons (Fsp3) is 0.536. The molecule has 9 nitrogen and oxygen atoms in total. The van der Waals surface area contributed by atoms with Crippen molar-refractivity contribution in [3.8, 4) is 28.4 Å². The van der Waals surface area contributed by atoms with E-state index in [1.54, 1.807) is 19.2 Å². The van der Waals surface area contributed by atoms with Crippen molar-refractivity contribution in [2.45, 2.75) is 52.2 Å². The molecule has 1 unspecified atom stereocenters. The van der Waals surface area contributed by atoms with Crippen LogP contribution >= 0.6 is 11.6 Å². The van der Waals surface area contributed by atoms with Gasteiger partial charge in [-0.15, -0.1) is 0 Å². The van der Waals surface area contributed by atoms with Crippen LogP contribution < -0.4 is 15.0 Å². The van der Waals surface area contributed by atoms with Gasteiger partial charge in [0.2, 0.25) is 0 Å². The number of hydrogen-bond acceptors (Lipinski definition) is 9. The molecule has 1 atom stereocenters. The Hall–Kier alpha value is -2.72. The molecule has 0 spiro atoms. The van der Waals surface area contributed by atoms with Gasteiger partial charge in [0, 0.05) is 49.9 Å². The molecule has 0 radical (unpaired) electrons. The lowest BCUT2D eigenvalue weighted by Gasteiger charge is -2.26. The Morgan fingerprint density at radius 1 is 1.16 bits per heavy atom. The molecule has 5 rings (SSSR count). The number of nitrogens with one attached hydrogen (secondary N) is 1. The summed E-state index contributed by atoms with van der Waals surface area (Å²) in [6, 6.07) is 6.18. The summed E-state index contributed by atoms with van der Waals surface area (Å²) in [6.07, 6.45) is 3.10. The van der Waals surface area contributed by atoms with Gasteiger partial charge in [-0.1, -0.05) is 16.8 Å². The third-order valence-electron chi connectivity index (χ3n) is 7.34. The number of benzene rings is 1. The zero-order chi connectivity index (χ0) is 26.8. The monoisotopic (exact) mass is 540 g/mol. The zero-order valence-electron chi connectivity index (χ0n) is 22.6. The highest BCUT2D eigenvalue weighted by molar-refractivity contribution is 6.33. The molecule has 2 aromatic heterocycles. The lowest BCUT2D eigenvalue weighted by atomic mass is 10.0. The average molecular weight is 541 g/mol. The quantitative estimate of drug-likeness (QED) is 0.417. The molecule has 204 valence electrons. The summed E-state index contributed by atoms with van der Waals surface area (Å²) in [4.78, 5) is 15.1. The molecular weight excluding hydrogens is 504 g/mol. The van der Waals surface area contributed by atoms with Crippen LogP contribution in [0.3, 0.4) is 0 Å². The van der Waals surface area contributed by atoms with E-state index in [4.69, 9.17) is 30.8 Å². The minimum Gasteiger partial charge on any atom is -0.491 e. The van der Waals surface area contributed by atoms with E-state index in [0.717, 1.165) is 72.7 Å². The Morgan fingerprint density at radius 2 is 1.97 bits per heavy atom. The number of ether oxygens (including phenoxy) is 1. The number of aliphatic hydroxyl groups is 1. The largest absolute Gasteiger partial charge is 0.491 e. The Kier molecular flexibility index (Phi) is 8.18. The van der Waals surface area contributed by atoms with Crippen molar-refractivity contribution in [3.05, 3.63) is 40.2 Å². The number of aromatic nitrogens is 3. The molecule has 1 aliphatic heterocycles. The number of rotatable bonds is 9. The fourth-order valence-corrected chi connectivity index (χ4v) is 5.41. The topological polar surface area (TPSA) is 99.8 Å². The molecule has 38 heavy (non-hydrogen) atoms. The minimum atomic E-state index is -0.620. The maximum absolute atomic E-state index is 10.1. The summed E-state index contributed by atoms with van der Waals surface area (Å²) in [5, 5.41) is 17.7. The van der Waals surface area contributed by atoms with Crippen molar-refractivity contribution in [1.29, 1.82) is 0 Å². The summed E-state index contributed by atoms with van der Waals surface area (Å²) in [5.74, 6) is 2.75. The molecule has 2 fully saturated rings. The van der Waals surface area contributed by atoms with Crippen LogP contribution in [0.15, 0.2) is 22.7 Å². The Balaban J connectivity index is 1.55. The van der Waals surface area contributed by atoms with Crippen molar-refractivity contribution < 1.29 is 14.4 Å². The van der Waals surface area contributed by atoms with Crippen LogP contribution in [0.4, 0.5) is 5.82 Å². The van der Waals surface area contributed by atoms with E-state index < -0.39 is 6.10 Å². The third kappa shape index (κ3) is 5.81. The number of aryl methyl sites for hydroxylation is 2. The minimum absolute atomic E-state index is 0.164. The molecule has 1 aromatic carbocycles. The summed E-state index contributed by atoms with van der Waals surface area (Å²) >= 11 is 6.70. The second-order valence-electron chi connectivity index (χ2n) is 10.3. The molecule has 0 amide bonds. The number of hydrogen-bond donors (Lipinski definition) is 2. The SMILES string of the molecule is CNCC(O)COc1ccc(Cl)c(-c2nc(-c3c(C)noc3C)c(C)c(N3CCCN(C4CC4)CC3)n2)c1. The summed E-state index contributed by atoms with van der Waals surface area (Å²) in [5.41, 5.74) is 4.16. The lowest BCUT2D eigenvalue weighted by Crippen LogP contribution is -2.33. The van der Waals surface area contributed by atoms with Crippen molar-refractivity contribution in [2.75, 3.05) is 51.3 Å². The first-order chi connectivity index (χ1) is 18.4. The Labute approximate surface area is 229 Å². The van der Waals surface area contributed by atoms with E-state index in [1.165, 1.54) is 12.8 Å². The van der Waals surface area contributed by atoms with E-state index in [-0.39, 0.29) is 6.61 Å². The lowest BCUT2D eigenvalue weighted by molar-refractivity contribution is 0.108. The van der Waals surface area contributed by atoms with Gasteiger partial charge in [0.05, 0.1) is 22.0 Å². The fourth-order valence-electron chi connectivity index (χ4n) is 5.20. The number of halogens is 1. The molecule has 3 aromatic rings. The number of nitrogens with zero attached hydrogens (tertiary/aromatic N) is 5. The second-order valence-corrected chi connectivity index (χ2v) is 10.7. The van der Waals surface area contributed by atoms with Crippen molar-refractivity contribution >= 4 is 17.4 Å². The Morgan fingerprint density at radius 3 is 2.68 bits per heavy atom. The van der Waals surface area contributed by atoms with Gasteiger partial charge in [0.1, 0.15) is 30.0 Å². The van der Waals surface area contributed by atoms with Crippen molar-refractivity contribution in [2.24, 2.45) is 0 Å². The molecule has 1 saturated heterocycles. The summed E-state index contributed by atoms with van der Waals surface area (Å²) < 4.78 is 11.4. The van der Waals surface area contributed by atoms with E-state index in [9.17, 15) is 5.11 Å². The van der Waals surface area contributed by atoms with Crippen molar-refractivity contribution in [3.63, 3.8) is 0 Å². The van der Waals surface area contributed by atoms with Crippen LogP contribution in [0.25, 0.3) is 22.6 Å². The highest BCUT2D eigenvalue weighted by Gasteiger charge is 2.31. The van der Waals surface area contributed by atoms with Gasteiger partial charge in [0.25, 0.3) is 0 Å². The van der Waals surface area contributed by atoms with E-state index in [2.05, 4.69) is 27.2 Å². The maximum Gasteiger partial charge on any atom is 0.163 e. The first kappa shape index (κ1) is 26.9. The van der Waals surface area contributed by atoms with Gasteiger partial charge in [-0.2, -0.15) is 0 Å². The molecule has 10 heteroatoms. The van der Waals surface area contributed by atoms with Gasteiger partial charge in [-0.25, -0.2) is 9.97 Å². The van der Waals surface area contributed by atoms with E-state index >= 15 is 0 Å².